The van der Waals surface area contributed by atoms with E-state index < -0.39 is 6.04 Å². The molecule has 0 amide bonds. The third-order valence-electron chi connectivity index (χ3n) is 3.39. The molecule has 1 aromatic carbocycles. The Bertz CT molecular complexity index is 446. The van der Waals surface area contributed by atoms with E-state index in [4.69, 9.17) is 21.1 Å². The normalized spacial score (nSPS) is 20.2. The standard InChI is InChI=1S/C15H20ClNO3/c1-2-20-15(18)14(11-6-5-9-19-10-11)17-13-8-4-3-7-12(13)16/h3-4,7-8,11,14,17H,2,5-6,9-10H2,1H3. The minimum absolute atomic E-state index is 0.110. The number of carbonyl (C=O) groups excluding carboxylic acids is 1. The molecule has 20 heavy (non-hydrogen) atoms. The van der Waals surface area contributed by atoms with Crippen molar-refractivity contribution in [1.82, 2.24) is 0 Å². The summed E-state index contributed by atoms with van der Waals surface area (Å²) in [4.78, 5) is 12.2. The van der Waals surface area contributed by atoms with E-state index in [1.54, 1.807) is 6.07 Å². The number of rotatable bonds is 5. The van der Waals surface area contributed by atoms with Gasteiger partial charge in [0.15, 0.2) is 0 Å². The summed E-state index contributed by atoms with van der Waals surface area (Å²) in [6.07, 6.45) is 1.91. The van der Waals surface area contributed by atoms with Crippen LogP contribution in [0.15, 0.2) is 24.3 Å². The van der Waals surface area contributed by atoms with E-state index >= 15 is 0 Å². The number of ether oxygens (including phenoxy) is 2. The van der Waals surface area contributed by atoms with Gasteiger partial charge in [-0.3, -0.25) is 0 Å². The Morgan fingerprint density at radius 1 is 1.55 bits per heavy atom. The van der Waals surface area contributed by atoms with Crippen LogP contribution in [-0.4, -0.2) is 31.8 Å². The van der Waals surface area contributed by atoms with Crippen molar-refractivity contribution in [3.05, 3.63) is 29.3 Å². The first-order valence-electron chi connectivity index (χ1n) is 6.97. The first-order chi connectivity index (χ1) is 9.72. The Morgan fingerprint density at radius 2 is 2.35 bits per heavy atom. The molecule has 0 bridgehead atoms. The molecule has 0 spiro atoms. The number of hydrogen-bond donors (Lipinski definition) is 1. The van der Waals surface area contributed by atoms with E-state index in [-0.39, 0.29) is 11.9 Å². The van der Waals surface area contributed by atoms with Crippen LogP contribution in [0, 0.1) is 5.92 Å². The Morgan fingerprint density at radius 3 is 3.00 bits per heavy atom. The molecule has 0 saturated carbocycles. The van der Waals surface area contributed by atoms with E-state index in [1.807, 2.05) is 25.1 Å². The Balaban J connectivity index is 2.13. The van der Waals surface area contributed by atoms with Gasteiger partial charge in [0.05, 0.1) is 23.9 Å². The van der Waals surface area contributed by atoms with E-state index in [0.717, 1.165) is 25.1 Å². The summed E-state index contributed by atoms with van der Waals surface area (Å²) in [6.45, 7) is 3.51. The molecule has 110 valence electrons. The third-order valence-corrected chi connectivity index (χ3v) is 3.72. The van der Waals surface area contributed by atoms with Gasteiger partial charge in [0.25, 0.3) is 0 Å². The maximum absolute atomic E-state index is 12.2. The van der Waals surface area contributed by atoms with Crippen molar-refractivity contribution in [3.8, 4) is 0 Å². The predicted octanol–water partition coefficient (Wildman–Crippen LogP) is 3.11. The van der Waals surface area contributed by atoms with Crippen molar-refractivity contribution < 1.29 is 14.3 Å². The topological polar surface area (TPSA) is 47.6 Å². The highest BCUT2D eigenvalue weighted by molar-refractivity contribution is 6.33. The highest BCUT2D eigenvalue weighted by Crippen LogP contribution is 2.26. The number of carbonyl (C=O) groups is 1. The van der Waals surface area contributed by atoms with Crippen LogP contribution in [0.1, 0.15) is 19.8 Å². The van der Waals surface area contributed by atoms with Gasteiger partial charge >= 0.3 is 5.97 Å². The molecule has 1 aliphatic rings. The third kappa shape index (κ3) is 3.87. The number of benzene rings is 1. The first kappa shape index (κ1) is 15.1. The lowest BCUT2D eigenvalue weighted by Crippen LogP contribution is -2.42. The number of anilines is 1. The van der Waals surface area contributed by atoms with Gasteiger partial charge in [0.1, 0.15) is 6.04 Å². The molecule has 1 aromatic rings. The summed E-state index contributed by atoms with van der Waals surface area (Å²) in [6, 6.07) is 6.97. The quantitative estimate of drug-likeness (QED) is 0.848. The molecule has 4 nitrogen and oxygen atoms in total. The molecule has 1 fully saturated rings. The lowest BCUT2D eigenvalue weighted by atomic mass is 9.93. The number of para-hydroxylation sites is 1. The predicted molar refractivity (Wildman–Crippen MR) is 79.0 cm³/mol. The molecule has 1 N–H and O–H groups in total. The number of esters is 1. The van der Waals surface area contributed by atoms with E-state index in [1.165, 1.54) is 0 Å². The van der Waals surface area contributed by atoms with Crippen LogP contribution >= 0.6 is 11.6 Å². The molecular weight excluding hydrogens is 278 g/mol. The zero-order valence-electron chi connectivity index (χ0n) is 11.6. The van der Waals surface area contributed by atoms with Crippen LogP contribution in [0.4, 0.5) is 5.69 Å². The average Bonchev–Trinajstić information content (AvgIpc) is 2.47. The minimum atomic E-state index is -0.421. The Labute approximate surface area is 124 Å². The first-order valence-corrected chi connectivity index (χ1v) is 7.35. The molecule has 1 heterocycles. The second-order valence-corrected chi connectivity index (χ2v) is 5.24. The van der Waals surface area contributed by atoms with Gasteiger partial charge in [0.2, 0.25) is 0 Å². The Hall–Kier alpha value is -1.26. The highest BCUT2D eigenvalue weighted by atomic mass is 35.5. The fraction of sp³-hybridized carbons (Fsp3) is 0.533. The second kappa shape index (κ2) is 7.50. The maximum Gasteiger partial charge on any atom is 0.328 e. The summed E-state index contributed by atoms with van der Waals surface area (Å²) < 4.78 is 10.6. The van der Waals surface area contributed by atoms with Crippen molar-refractivity contribution in [1.29, 1.82) is 0 Å². The van der Waals surface area contributed by atoms with E-state index in [2.05, 4.69) is 5.32 Å². The Kier molecular flexibility index (Phi) is 5.68. The van der Waals surface area contributed by atoms with Crippen molar-refractivity contribution in [2.24, 2.45) is 5.92 Å². The van der Waals surface area contributed by atoms with Crippen LogP contribution < -0.4 is 5.32 Å². The summed E-state index contributed by atoms with van der Waals surface area (Å²) in [5, 5.41) is 3.81. The number of halogens is 1. The van der Waals surface area contributed by atoms with E-state index in [9.17, 15) is 4.79 Å². The van der Waals surface area contributed by atoms with Crippen LogP contribution in [-0.2, 0) is 14.3 Å². The molecule has 1 aliphatic heterocycles. The van der Waals surface area contributed by atoms with Gasteiger partial charge in [0, 0.05) is 12.5 Å². The van der Waals surface area contributed by atoms with Gasteiger partial charge in [-0.25, -0.2) is 4.79 Å². The van der Waals surface area contributed by atoms with Crippen LogP contribution in [0.2, 0.25) is 5.02 Å². The van der Waals surface area contributed by atoms with Gasteiger partial charge < -0.3 is 14.8 Å². The largest absolute Gasteiger partial charge is 0.464 e. The number of nitrogens with one attached hydrogen (secondary N) is 1. The monoisotopic (exact) mass is 297 g/mol. The summed E-state index contributed by atoms with van der Waals surface area (Å²) in [5.41, 5.74) is 0.748. The lowest BCUT2D eigenvalue weighted by Gasteiger charge is -2.30. The lowest BCUT2D eigenvalue weighted by molar-refractivity contribution is -0.146. The second-order valence-electron chi connectivity index (χ2n) is 4.83. The van der Waals surface area contributed by atoms with Crippen LogP contribution in [0.3, 0.4) is 0 Å². The molecule has 2 atom stereocenters. The average molecular weight is 298 g/mol. The highest BCUT2D eigenvalue weighted by Gasteiger charge is 2.31. The smallest absolute Gasteiger partial charge is 0.328 e. The molecule has 1 saturated heterocycles. The zero-order valence-corrected chi connectivity index (χ0v) is 12.4. The van der Waals surface area contributed by atoms with Gasteiger partial charge in [-0.05, 0) is 31.9 Å². The van der Waals surface area contributed by atoms with Gasteiger partial charge in [-0.15, -0.1) is 0 Å². The molecule has 0 aliphatic carbocycles. The fourth-order valence-corrected chi connectivity index (χ4v) is 2.57. The van der Waals surface area contributed by atoms with Crippen LogP contribution in [0.5, 0.6) is 0 Å². The number of hydrogen-bond acceptors (Lipinski definition) is 4. The maximum atomic E-state index is 12.2. The molecular formula is C15H20ClNO3. The molecule has 2 rings (SSSR count). The van der Waals surface area contributed by atoms with Crippen molar-refractivity contribution in [3.63, 3.8) is 0 Å². The molecule has 5 heteroatoms. The minimum Gasteiger partial charge on any atom is -0.464 e. The van der Waals surface area contributed by atoms with Crippen molar-refractivity contribution >= 4 is 23.3 Å². The van der Waals surface area contributed by atoms with Crippen molar-refractivity contribution in [2.75, 3.05) is 25.1 Å². The fourth-order valence-electron chi connectivity index (χ4n) is 2.38. The van der Waals surface area contributed by atoms with E-state index in [0.29, 0.717) is 18.2 Å². The summed E-state index contributed by atoms with van der Waals surface area (Å²) >= 11 is 6.14. The van der Waals surface area contributed by atoms with Gasteiger partial charge in [-0.1, -0.05) is 23.7 Å². The molecule has 0 aromatic heterocycles. The summed E-state index contributed by atoms with van der Waals surface area (Å²) in [5.74, 6) is -0.137. The summed E-state index contributed by atoms with van der Waals surface area (Å²) in [7, 11) is 0. The molecule has 2 unspecified atom stereocenters. The van der Waals surface area contributed by atoms with Crippen molar-refractivity contribution in [2.45, 2.75) is 25.8 Å². The zero-order chi connectivity index (χ0) is 14.4. The van der Waals surface area contributed by atoms with Gasteiger partial charge in [-0.2, -0.15) is 0 Å². The van der Waals surface area contributed by atoms with Crippen LogP contribution in [0.25, 0.3) is 0 Å². The molecule has 0 radical (unpaired) electrons. The SMILES string of the molecule is CCOC(=O)C(Nc1ccccc1Cl)C1CCCOC1.